The average molecular weight is 362 g/mol. The minimum absolute atomic E-state index is 0.00593. The number of hydrogen-bond acceptors (Lipinski definition) is 4. The standard InChI is InChI=1S/C17H22N4O3S/c1-13-7-14(2)9-15(8-13)19-16(22)10-20-11-17(18-12-20)25(23,24)21-5-3-4-6-21/h7-9,11-12H,3-6,10H2,1-2H3,(H,19,22). The molecule has 1 fully saturated rings. The van der Waals surface area contributed by atoms with Crippen LogP contribution in [0.4, 0.5) is 5.69 Å². The van der Waals surface area contributed by atoms with Gasteiger partial charge in [0, 0.05) is 25.0 Å². The summed E-state index contributed by atoms with van der Waals surface area (Å²) in [6, 6.07) is 5.81. The van der Waals surface area contributed by atoms with Crippen molar-refractivity contribution in [1.29, 1.82) is 0 Å². The van der Waals surface area contributed by atoms with Crippen LogP contribution in [0.25, 0.3) is 0 Å². The molecule has 1 amide bonds. The van der Waals surface area contributed by atoms with Crippen LogP contribution in [0.2, 0.25) is 0 Å². The summed E-state index contributed by atoms with van der Waals surface area (Å²) < 4.78 is 27.8. The number of nitrogens with zero attached hydrogens (tertiary/aromatic N) is 3. The molecule has 0 unspecified atom stereocenters. The van der Waals surface area contributed by atoms with E-state index < -0.39 is 10.0 Å². The number of amides is 1. The highest BCUT2D eigenvalue weighted by Crippen LogP contribution is 2.19. The quantitative estimate of drug-likeness (QED) is 0.881. The fourth-order valence-electron chi connectivity index (χ4n) is 3.03. The van der Waals surface area contributed by atoms with E-state index in [1.807, 2.05) is 32.0 Å². The number of anilines is 1. The van der Waals surface area contributed by atoms with E-state index in [1.165, 1.54) is 21.4 Å². The van der Waals surface area contributed by atoms with Crippen LogP contribution in [0.15, 0.2) is 35.7 Å². The summed E-state index contributed by atoms with van der Waals surface area (Å²) in [5, 5.41) is 2.82. The molecule has 0 aliphatic carbocycles. The van der Waals surface area contributed by atoms with Crippen LogP contribution in [-0.2, 0) is 21.4 Å². The van der Waals surface area contributed by atoms with Gasteiger partial charge in [-0.25, -0.2) is 13.4 Å². The first-order valence-corrected chi connectivity index (χ1v) is 9.69. The van der Waals surface area contributed by atoms with Gasteiger partial charge in [-0.1, -0.05) is 6.07 Å². The number of aromatic nitrogens is 2. The normalized spacial score (nSPS) is 15.4. The van der Waals surface area contributed by atoms with Crippen molar-refractivity contribution in [2.75, 3.05) is 18.4 Å². The Morgan fingerprint density at radius 2 is 1.80 bits per heavy atom. The largest absolute Gasteiger partial charge is 0.327 e. The van der Waals surface area contributed by atoms with Crippen molar-refractivity contribution in [3.63, 3.8) is 0 Å². The Balaban J connectivity index is 1.67. The monoisotopic (exact) mass is 362 g/mol. The third-order valence-electron chi connectivity index (χ3n) is 4.11. The van der Waals surface area contributed by atoms with Crippen LogP contribution in [0.1, 0.15) is 24.0 Å². The minimum atomic E-state index is -3.55. The molecule has 7 nitrogen and oxygen atoms in total. The molecule has 1 aromatic heterocycles. The predicted octanol–water partition coefficient (Wildman–Crippen LogP) is 1.92. The van der Waals surface area contributed by atoms with Gasteiger partial charge < -0.3 is 9.88 Å². The van der Waals surface area contributed by atoms with E-state index in [4.69, 9.17) is 0 Å². The molecular weight excluding hydrogens is 340 g/mol. The molecule has 134 valence electrons. The second-order valence-corrected chi connectivity index (χ2v) is 8.30. The Labute approximate surface area is 147 Å². The Bertz CT molecular complexity index is 863. The average Bonchev–Trinajstić information content (AvgIpc) is 3.17. The predicted molar refractivity (Wildman–Crippen MR) is 94.8 cm³/mol. The van der Waals surface area contributed by atoms with Crippen molar-refractivity contribution >= 4 is 21.6 Å². The topological polar surface area (TPSA) is 84.3 Å². The van der Waals surface area contributed by atoms with E-state index in [-0.39, 0.29) is 17.5 Å². The Kier molecular flexibility index (Phi) is 4.91. The molecular formula is C17H22N4O3S. The molecule has 1 N–H and O–H groups in total. The lowest BCUT2D eigenvalue weighted by atomic mass is 10.1. The van der Waals surface area contributed by atoms with Gasteiger partial charge in [-0.2, -0.15) is 4.31 Å². The zero-order chi connectivity index (χ0) is 18.0. The summed E-state index contributed by atoms with van der Waals surface area (Å²) >= 11 is 0. The number of imidazole rings is 1. The number of carbonyl (C=O) groups is 1. The van der Waals surface area contributed by atoms with Gasteiger partial charge in [0.05, 0.1) is 6.33 Å². The van der Waals surface area contributed by atoms with Crippen LogP contribution in [0, 0.1) is 13.8 Å². The summed E-state index contributed by atoms with van der Waals surface area (Å²) in [6.45, 7) is 5.00. The number of sulfonamides is 1. The van der Waals surface area contributed by atoms with Gasteiger partial charge >= 0.3 is 0 Å². The zero-order valence-electron chi connectivity index (χ0n) is 14.4. The zero-order valence-corrected chi connectivity index (χ0v) is 15.2. The summed E-state index contributed by atoms with van der Waals surface area (Å²) in [4.78, 5) is 16.2. The third-order valence-corrected chi connectivity index (χ3v) is 5.89. The molecule has 8 heteroatoms. The summed E-state index contributed by atoms with van der Waals surface area (Å²) in [5.74, 6) is -0.229. The highest BCUT2D eigenvalue weighted by molar-refractivity contribution is 7.89. The van der Waals surface area contributed by atoms with E-state index in [0.29, 0.717) is 13.1 Å². The van der Waals surface area contributed by atoms with Gasteiger partial charge in [0.2, 0.25) is 5.91 Å². The van der Waals surface area contributed by atoms with Crippen LogP contribution < -0.4 is 5.32 Å². The smallest absolute Gasteiger partial charge is 0.262 e. The third kappa shape index (κ3) is 4.08. The lowest BCUT2D eigenvalue weighted by Crippen LogP contribution is -2.28. The molecule has 3 rings (SSSR count). The maximum Gasteiger partial charge on any atom is 0.262 e. The van der Waals surface area contributed by atoms with E-state index in [2.05, 4.69) is 10.3 Å². The highest BCUT2D eigenvalue weighted by Gasteiger charge is 2.29. The maximum atomic E-state index is 12.4. The first-order chi connectivity index (χ1) is 11.8. The van der Waals surface area contributed by atoms with Crippen molar-refractivity contribution in [3.05, 3.63) is 41.9 Å². The maximum absolute atomic E-state index is 12.4. The van der Waals surface area contributed by atoms with Gasteiger partial charge in [-0.05, 0) is 49.9 Å². The molecule has 0 bridgehead atoms. The molecule has 1 aliphatic rings. The molecule has 1 aromatic carbocycles. The molecule has 1 aliphatic heterocycles. The van der Waals surface area contributed by atoms with Crippen molar-refractivity contribution in [2.45, 2.75) is 38.3 Å². The van der Waals surface area contributed by atoms with E-state index in [0.717, 1.165) is 29.7 Å². The van der Waals surface area contributed by atoms with E-state index in [9.17, 15) is 13.2 Å². The van der Waals surface area contributed by atoms with Gasteiger partial charge in [-0.3, -0.25) is 4.79 Å². The first kappa shape index (κ1) is 17.6. The van der Waals surface area contributed by atoms with Crippen LogP contribution in [0.5, 0.6) is 0 Å². The fraction of sp³-hybridized carbons (Fsp3) is 0.412. The molecule has 25 heavy (non-hydrogen) atoms. The van der Waals surface area contributed by atoms with Crippen molar-refractivity contribution in [3.8, 4) is 0 Å². The van der Waals surface area contributed by atoms with Gasteiger partial charge in [-0.15, -0.1) is 0 Å². The molecule has 2 heterocycles. The van der Waals surface area contributed by atoms with E-state index in [1.54, 1.807) is 0 Å². The summed E-state index contributed by atoms with van der Waals surface area (Å²) in [6.07, 6.45) is 4.54. The first-order valence-electron chi connectivity index (χ1n) is 8.25. The number of rotatable bonds is 5. The Hall–Kier alpha value is -2.19. The lowest BCUT2D eigenvalue weighted by molar-refractivity contribution is -0.116. The lowest BCUT2D eigenvalue weighted by Gasteiger charge is -2.12. The van der Waals surface area contributed by atoms with Gasteiger partial charge in [0.1, 0.15) is 6.54 Å². The highest BCUT2D eigenvalue weighted by atomic mass is 32.2. The summed E-state index contributed by atoms with van der Waals surface area (Å²) in [7, 11) is -3.55. The minimum Gasteiger partial charge on any atom is -0.327 e. The molecule has 0 radical (unpaired) electrons. The molecule has 0 spiro atoms. The molecule has 1 saturated heterocycles. The number of carbonyl (C=O) groups excluding carboxylic acids is 1. The van der Waals surface area contributed by atoms with Crippen molar-refractivity contribution < 1.29 is 13.2 Å². The SMILES string of the molecule is Cc1cc(C)cc(NC(=O)Cn2cnc(S(=O)(=O)N3CCCC3)c2)c1. The van der Waals surface area contributed by atoms with Crippen LogP contribution in [0.3, 0.4) is 0 Å². The molecule has 0 atom stereocenters. The number of aryl methyl sites for hydroxylation is 2. The number of benzene rings is 1. The van der Waals surface area contributed by atoms with E-state index >= 15 is 0 Å². The summed E-state index contributed by atoms with van der Waals surface area (Å²) in [5.41, 5.74) is 2.86. The second kappa shape index (κ2) is 6.97. The molecule has 2 aromatic rings. The number of hydrogen-bond donors (Lipinski definition) is 1. The van der Waals surface area contributed by atoms with Crippen LogP contribution in [-0.4, -0.2) is 41.3 Å². The molecule has 0 saturated carbocycles. The van der Waals surface area contributed by atoms with Crippen molar-refractivity contribution in [1.82, 2.24) is 13.9 Å². The van der Waals surface area contributed by atoms with Gasteiger partial charge in [0.25, 0.3) is 10.0 Å². The fourth-order valence-corrected chi connectivity index (χ4v) is 4.49. The number of nitrogens with one attached hydrogen (secondary N) is 1. The van der Waals surface area contributed by atoms with Crippen molar-refractivity contribution in [2.24, 2.45) is 0 Å². The van der Waals surface area contributed by atoms with Crippen LogP contribution >= 0.6 is 0 Å². The Morgan fingerprint density at radius 1 is 1.16 bits per heavy atom. The Morgan fingerprint density at radius 3 is 2.44 bits per heavy atom. The van der Waals surface area contributed by atoms with Gasteiger partial charge in [0.15, 0.2) is 5.03 Å². The second-order valence-electron chi connectivity index (χ2n) is 6.42.